The van der Waals surface area contributed by atoms with Crippen LogP contribution in [0.4, 0.5) is 11.5 Å². The lowest BCUT2D eigenvalue weighted by Crippen LogP contribution is -2.44. The van der Waals surface area contributed by atoms with Crippen molar-refractivity contribution in [2.45, 2.75) is 39.0 Å². The minimum atomic E-state index is -1.19. The van der Waals surface area contributed by atoms with E-state index in [4.69, 9.17) is 24.2 Å². The van der Waals surface area contributed by atoms with Gasteiger partial charge in [0.2, 0.25) is 0 Å². The number of likely N-dealkylation sites (N-methyl/N-ethyl adjacent to an activating group) is 1. The number of nitrogens with one attached hydrogen (secondary N) is 1. The van der Waals surface area contributed by atoms with E-state index in [2.05, 4.69) is 76.7 Å². The number of piperazine rings is 1. The molecule has 42 heavy (non-hydrogen) atoms. The molecule has 4 aromatic rings. The first-order chi connectivity index (χ1) is 20.2. The summed E-state index contributed by atoms with van der Waals surface area (Å²) in [7, 11) is 4.31. The number of anilines is 2. The lowest BCUT2D eigenvalue weighted by atomic mass is 10.1. The van der Waals surface area contributed by atoms with Gasteiger partial charge in [-0.3, -0.25) is 4.57 Å². The second kappa shape index (κ2) is 13.1. The van der Waals surface area contributed by atoms with Crippen LogP contribution in [0.3, 0.4) is 0 Å². The van der Waals surface area contributed by atoms with Crippen LogP contribution >= 0.6 is 0 Å². The molecule has 224 valence electrons. The Balaban J connectivity index is 1.39. The summed E-state index contributed by atoms with van der Waals surface area (Å²) in [5, 5.41) is 3.41. The summed E-state index contributed by atoms with van der Waals surface area (Å²) >= 11 is 0. The van der Waals surface area contributed by atoms with Crippen LogP contribution in [0.1, 0.15) is 5.56 Å². The Morgan fingerprint density at radius 1 is 0.905 bits per heavy atom. The van der Waals surface area contributed by atoms with Crippen LogP contribution in [0.25, 0.3) is 22.4 Å². The Morgan fingerprint density at radius 3 is 2.24 bits per heavy atom. The van der Waals surface area contributed by atoms with E-state index in [1.165, 1.54) is 5.69 Å². The number of nitrogens with zero attached hydrogens (tertiary/aromatic N) is 5. The van der Waals surface area contributed by atoms with Crippen LogP contribution < -0.4 is 19.7 Å². The summed E-state index contributed by atoms with van der Waals surface area (Å²) in [5.74, 6) is 2.21. The molecule has 1 aliphatic heterocycles. The minimum absolute atomic E-state index is 0.439. The maximum absolute atomic E-state index is 6.21. The highest BCUT2D eigenvalue weighted by molar-refractivity contribution is 6.76. The molecule has 2 aromatic carbocycles. The molecular formula is C32H44N6O3Si. The van der Waals surface area contributed by atoms with Crippen LogP contribution in [-0.4, -0.2) is 81.6 Å². The van der Waals surface area contributed by atoms with Gasteiger partial charge in [-0.25, -0.2) is 9.97 Å². The normalized spacial score (nSPS) is 14.4. The molecule has 0 atom stereocenters. The summed E-state index contributed by atoms with van der Waals surface area (Å²) in [6.45, 7) is 13.1. The molecule has 1 aliphatic rings. The Hall–Kier alpha value is -3.60. The van der Waals surface area contributed by atoms with Gasteiger partial charge < -0.3 is 29.3 Å². The first-order valence-electron chi connectivity index (χ1n) is 14.7. The Morgan fingerprint density at radius 2 is 1.60 bits per heavy atom. The Bertz CT molecular complexity index is 1450. The number of rotatable bonds is 12. The van der Waals surface area contributed by atoms with E-state index in [9.17, 15) is 0 Å². The van der Waals surface area contributed by atoms with Gasteiger partial charge in [-0.1, -0.05) is 31.8 Å². The van der Waals surface area contributed by atoms with E-state index in [1.807, 2.05) is 18.2 Å². The quantitative estimate of drug-likeness (QED) is 0.165. The highest BCUT2D eigenvalue weighted by atomic mass is 28.3. The standard InChI is InChI=1S/C32H44N6O3Si/c1-36-11-13-37(14-12-36)26-9-7-25(8-10-26)30-20-29-32(38(30)23-41-15-16-42(4,5)6)34-22-31(35-29)33-21-24-17-27(39-2)19-28(18-24)40-3/h7-10,17-20,22H,11-16,21,23H2,1-6H3,(H,33,35). The summed E-state index contributed by atoms with van der Waals surface area (Å²) in [6, 6.07) is 17.9. The zero-order chi connectivity index (χ0) is 29.7. The van der Waals surface area contributed by atoms with E-state index >= 15 is 0 Å². The van der Waals surface area contributed by atoms with Gasteiger partial charge in [-0.05, 0) is 54.6 Å². The third-order valence-electron chi connectivity index (χ3n) is 7.73. The molecule has 10 heteroatoms. The molecule has 0 bridgehead atoms. The van der Waals surface area contributed by atoms with Crippen molar-refractivity contribution in [3.63, 3.8) is 0 Å². The van der Waals surface area contributed by atoms with Gasteiger partial charge in [-0.2, -0.15) is 0 Å². The fourth-order valence-corrected chi connectivity index (χ4v) is 5.84. The summed E-state index contributed by atoms with van der Waals surface area (Å²) in [6.07, 6.45) is 1.79. The zero-order valence-electron chi connectivity index (χ0n) is 25.8. The first-order valence-corrected chi connectivity index (χ1v) is 18.4. The molecular weight excluding hydrogens is 544 g/mol. The van der Waals surface area contributed by atoms with Crippen molar-refractivity contribution in [1.29, 1.82) is 0 Å². The van der Waals surface area contributed by atoms with Crippen molar-refractivity contribution in [2.24, 2.45) is 0 Å². The van der Waals surface area contributed by atoms with Gasteiger partial charge >= 0.3 is 0 Å². The molecule has 0 radical (unpaired) electrons. The molecule has 0 aliphatic carbocycles. The number of hydrogen-bond donors (Lipinski definition) is 1. The van der Waals surface area contributed by atoms with Crippen LogP contribution in [0.15, 0.2) is 54.7 Å². The topological polar surface area (TPSA) is 76.9 Å². The lowest BCUT2D eigenvalue weighted by molar-refractivity contribution is 0.0909. The van der Waals surface area contributed by atoms with Crippen molar-refractivity contribution in [3.05, 3.63) is 60.3 Å². The van der Waals surface area contributed by atoms with Gasteiger partial charge in [0.05, 0.1) is 26.1 Å². The number of ether oxygens (including phenoxy) is 3. The summed E-state index contributed by atoms with van der Waals surface area (Å²) in [5.41, 5.74) is 6.11. The van der Waals surface area contributed by atoms with Gasteiger partial charge in [0.1, 0.15) is 29.6 Å². The number of aromatic nitrogens is 3. The van der Waals surface area contributed by atoms with Gasteiger partial charge in [0.15, 0.2) is 5.65 Å². The van der Waals surface area contributed by atoms with Crippen LogP contribution in [0.2, 0.25) is 25.7 Å². The van der Waals surface area contributed by atoms with Crippen LogP contribution in [0.5, 0.6) is 11.5 Å². The van der Waals surface area contributed by atoms with Crippen molar-refractivity contribution in [3.8, 4) is 22.8 Å². The number of benzene rings is 2. The predicted octanol–water partition coefficient (Wildman–Crippen LogP) is 5.79. The zero-order valence-corrected chi connectivity index (χ0v) is 26.8. The molecule has 0 saturated carbocycles. The first kappa shape index (κ1) is 29.9. The SMILES string of the molecule is COc1cc(CNc2cnc3c(cc(-c4ccc(N5CCN(C)CC5)cc4)n3COCC[Si](C)(C)C)n2)cc(OC)c1. The average Bonchev–Trinajstić information content (AvgIpc) is 3.35. The van der Waals surface area contributed by atoms with E-state index in [0.29, 0.717) is 19.1 Å². The van der Waals surface area contributed by atoms with Gasteiger partial charge in [-0.15, -0.1) is 0 Å². The molecule has 1 fully saturated rings. The number of hydrogen-bond acceptors (Lipinski definition) is 8. The van der Waals surface area contributed by atoms with Crippen molar-refractivity contribution < 1.29 is 14.2 Å². The maximum atomic E-state index is 6.21. The second-order valence-corrected chi connectivity index (χ2v) is 17.8. The van der Waals surface area contributed by atoms with E-state index in [-0.39, 0.29) is 0 Å². The monoisotopic (exact) mass is 588 g/mol. The maximum Gasteiger partial charge on any atom is 0.161 e. The molecule has 0 amide bonds. The second-order valence-electron chi connectivity index (χ2n) is 12.2. The highest BCUT2D eigenvalue weighted by Gasteiger charge is 2.18. The fourth-order valence-electron chi connectivity index (χ4n) is 5.08. The summed E-state index contributed by atoms with van der Waals surface area (Å²) in [4.78, 5) is 14.6. The fraction of sp³-hybridized carbons (Fsp3) is 0.438. The van der Waals surface area contributed by atoms with Crippen molar-refractivity contribution >= 4 is 30.7 Å². The molecule has 0 unspecified atom stereocenters. The smallest absolute Gasteiger partial charge is 0.161 e. The Kier molecular flexibility index (Phi) is 9.35. The molecule has 1 N–H and O–H groups in total. The minimum Gasteiger partial charge on any atom is -0.497 e. The van der Waals surface area contributed by atoms with Crippen LogP contribution in [0, 0.1) is 0 Å². The van der Waals surface area contributed by atoms with E-state index in [1.54, 1.807) is 20.4 Å². The largest absolute Gasteiger partial charge is 0.497 e. The molecule has 9 nitrogen and oxygen atoms in total. The molecule has 0 spiro atoms. The van der Waals surface area contributed by atoms with Gasteiger partial charge in [0.25, 0.3) is 0 Å². The number of methoxy groups -OCH3 is 2. The Labute approximate surface area is 250 Å². The van der Waals surface area contributed by atoms with Gasteiger partial charge in [0, 0.05) is 59.2 Å². The van der Waals surface area contributed by atoms with Crippen LogP contribution in [-0.2, 0) is 18.0 Å². The van der Waals surface area contributed by atoms with Crippen molar-refractivity contribution in [1.82, 2.24) is 19.4 Å². The predicted molar refractivity (Wildman–Crippen MR) is 174 cm³/mol. The average molecular weight is 589 g/mol. The molecule has 2 aromatic heterocycles. The highest BCUT2D eigenvalue weighted by Crippen LogP contribution is 2.30. The summed E-state index contributed by atoms with van der Waals surface area (Å²) < 4.78 is 19.2. The van der Waals surface area contributed by atoms with E-state index < -0.39 is 8.07 Å². The lowest BCUT2D eigenvalue weighted by Gasteiger charge is -2.34. The molecule has 3 heterocycles. The van der Waals surface area contributed by atoms with E-state index in [0.717, 1.165) is 78.3 Å². The molecule has 5 rings (SSSR count). The van der Waals surface area contributed by atoms with Crippen molar-refractivity contribution in [2.75, 3.05) is 64.3 Å². The third kappa shape index (κ3) is 7.42. The third-order valence-corrected chi connectivity index (χ3v) is 9.44. The molecule has 1 saturated heterocycles. The number of fused-ring (bicyclic) bond motifs is 1.